The lowest BCUT2D eigenvalue weighted by Crippen LogP contribution is -2.48. The molecule has 11 nitrogen and oxygen atoms in total. The second-order valence-corrected chi connectivity index (χ2v) is 15.1. The quantitative estimate of drug-likeness (QED) is 0.125. The van der Waals surface area contributed by atoms with E-state index in [2.05, 4.69) is 32.4 Å². The van der Waals surface area contributed by atoms with Crippen molar-refractivity contribution in [3.63, 3.8) is 0 Å². The van der Waals surface area contributed by atoms with Gasteiger partial charge >= 0.3 is 0 Å². The van der Waals surface area contributed by atoms with E-state index in [1.54, 1.807) is 42.5 Å². The minimum Gasteiger partial charge on any atom is -0.344 e. The Morgan fingerprint density at radius 2 is 1.65 bits per heavy atom. The SMILES string of the molecule is C=C1NC(c2ccc(NC(=O)[C@H](Cc3cccc(-c4cc(S(=O)(=O)NCc5ccccc5)ccc4C)c3)NC(=O)[C@H]3CC[C@H](CN)CC3)cc2)=NO1. The number of hydrogen-bond acceptors (Lipinski definition) is 8. The molecule has 4 aromatic carbocycles. The van der Waals surface area contributed by atoms with Crippen molar-refractivity contribution >= 4 is 33.4 Å². The van der Waals surface area contributed by atoms with E-state index < -0.39 is 16.1 Å². The summed E-state index contributed by atoms with van der Waals surface area (Å²) in [5, 5.41) is 12.9. The number of rotatable bonds is 13. The Balaban J connectivity index is 1.21. The Labute approximate surface area is 304 Å². The van der Waals surface area contributed by atoms with Crippen LogP contribution in [0.5, 0.6) is 0 Å². The number of amides is 2. The molecule has 1 fully saturated rings. The van der Waals surface area contributed by atoms with E-state index in [0.29, 0.717) is 29.9 Å². The number of sulfonamides is 1. The van der Waals surface area contributed by atoms with Gasteiger partial charge in [-0.25, -0.2) is 13.1 Å². The molecule has 6 rings (SSSR count). The third kappa shape index (κ3) is 9.13. The zero-order valence-electron chi connectivity index (χ0n) is 29.1. The molecule has 270 valence electrons. The number of hydrogen-bond donors (Lipinski definition) is 5. The maximum Gasteiger partial charge on any atom is 0.247 e. The number of carbonyl (C=O) groups is 2. The minimum absolute atomic E-state index is 0.149. The van der Waals surface area contributed by atoms with Crippen LogP contribution in [-0.2, 0) is 37.4 Å². The lowest BCUT2D eigenvalue weighted by atomic mass is 9.81. The van der Waals surface area contributed by atoms with Gasteiger partial charge in [0.15, 0.2) is 5.84 Å². The first-order valence-corrected chi connectivity index (χ1v) is 18.9. The highest BCUT2D eigenvalue weighted by molar-refractivity contribution is 7.89. The van der Waals surface area contributed by atoms with Crippen molar-refractivity contribution < 1.29 is 22.8 Å². The van der Waals surface area contributed by atoms with Crippen molar-refractivity contribution in [3.8, 4) is 11.1 Å². The van der Waals surface area contributed by atoms with Crippen LogP contribution in [0, 0.1) is 18.8 Å². The molecule has 52 heavy (non-hydrogen) atoms. The summed E-state index contributed by atoms with van der Waals surface area (Å²) in [6.45, 7) is 6.40. The summed E-state index contributed by atoms with van der Waals surface area (Å²) in [6, 6.07) is 28.3. The Hall–Kier alpha value is -5.30. The fraction of sp³-hybridized carbons (Fsp3) is 0.275. The highest BCUT2D eigenvalue weighted by Gasteiger charge is 2.30. The molecule has 1 aliphatic carbocycles. The van der Waals surface area contributed by atoms with Crippen molar-refractivity contribution in [1.29, 1.82) is 0 Å². The molecule has 4 aromatic rings. The molecule has 0 unspecified atom stereocenters. The van der Waals surface area contributed by atoms with Crippen LogP contribution in [0.25, 0.3) is 11.1 Å². The molecule has 6 N–H and O–H groups in total. The summed E-state index contributed by atoms with van der Waals surface area (Å²) in [5.74, 6) is 0.562. The summed E-state index contributed by atoms with van der Waals surface area (Å²) < 4.78 is 29.3. The Bertz CT molecular complexity index is 2060. The van der Waals surface area contributed by atoms with Crippen LogP contribution in [0.4, 0.5) is 5.69 Å². The summed E-state index contributed by atoms with van der Waals surface area (Å²) in [5.41, 5.74) is 11.3. The van der Waals surface area contributed by atoms with Crippen LogP contribution in [0.2, 0.25) is 0 Å². The van der Waals surface area contributed by atoms with Gasteiger partial charge in [-0.3, -0.25) is 9.59 Å². The number of nitrogens with two attached hydrogens (primary N) is 1. The van der Waals surface area contributed by atoms with Gasteiger partial charge in [-0.1, -0.05) is 65.8 Å². The second-order valence-electron chi connectivity index (χ2n) is 13.4. The first kappa shape index (κ1) is 36.5. The number of anilines is 1. The monoisotopic (exact) mass is 720 g/mol. The first-order chi connectivity index (χ1) is 25.1. The van der Waals surface area contributed by atoms with Crippen LogP contribution >= 0.6 is 0 Å². The number of nitrogens with one attached hydrogen (secondary N) is 4. The number of aryl methyl sites for hydroxylation is 1. The summed E-state index contributed by atoms with van der Waals surface area (Å²) in [4.78, 5) is 32.6. The van der Waals surface area contributed by atoms with Crippen molar-refractivity contribution in [2.75, 3.05) is 11.9 Å². The topological polar surface area (TPSA) is 164 Å². The van der Waals surface area contributed by atoms with Crippen LogP contribution in [0.3, 0.4) is 0 Å². The summed E-state index contributed by atoms with van der Waals surface area (Å²) in [6.07, 6.45) is 3.44. The van der Waals surface area contributed by atoms with Crippen molar-refractivity contribution in [2.24, 2.45) is 22.7 Å². The predicted octanol–water partition coefficient (Wildman–Crippen LogP) is 5.32. The van der Waals surface area contributed by atoms with E-state index >= 15 is 0 Å². The molecule has 12 heteroatoms. The lowest BCUT2D eigenvalue weighted by molar-refractivity contribution is -0.130. The highest BCUT2D eigenvalue weighted by atomic mass is 32.2. The predicted molar refractivity (Wildman–Crippen MR) is 202 cm³/mol. The van der Waals surface area contributed by atoms with E-state index in [1.165, 1.54) is 0 Å². The van der Waals surface area contributed by atoms with Gasteiger partial charge in [0.2, 0.25) is 27.7 Å². The van der Waals surface area contributed by atoms with Gasteiger partial charge in [0.05, 0.1) is 4.90 Å². The minimum atomic E-state index is -3.79. The highest BCUT2D eigenvalue weighted by Crippen LogP contribution is 2.30. The number of amidine groups is 1. The van der Waals surface area contributed by atoms with Crippen LogP contribution in [0.1, 0.15) is 47.9 Å². The number of carbonyl (C=O) groups excluding carboxylic acids is 2. The van der Waals surface area contributed by atoms with Gasteiger partial charge in [0.1, 0.15) is 6.04 Å². The Kier molecular flexibility index (Phi) is 11.5. The molecule has 0 saturated heterocycles. The number of nitrogens with zero attached hydrogens (tertiary/aromatic N) is 1. The average Bonchev–Trinajstić information content (AvgIpc) is 3.60. The van der Waals surface area contributed by atoms with E-state index in [-0.39, 0.29) is 35.6 Å². The van der Waals surface area contributed by atoms with Gasteiger partial charge in [-0.15, -0.1) is 0 Å². The van der Waals surface area contributed by atoms with E-state index in [0.717, 1.165) is 59.1 Å². The van der Waals surface area contributed by atoms with Crippen LogP contribution < -0.4 is 26.4 Å². The smallest absolute Gasteiger partial charge is 0.247 e. The van der Waals surface area contributed by atoms with E-state index in [1.807, 2.05) is 61.5 Å². The van der Waals surface area contributed by atoms with Gasteiger partial charge in [-0.2, -0.15) is 0 Å². The Morgan fingerprint density at radius 1 is 0.923 bits per heavy atom. The zero-order valence-corrected chi connectivity index (χ0v) is 29.9. The average molecular weight is 721 g/mol. The fourth-order valence-corrected chi connectivity index (χ4v) is 7.59. The van der Waals surface area contributed by atoms with Crippen molar-refractivity contribution in [3.05, 3.63) is 132 Å². The third-order valence-corrected chi connectivity index (χ3v) is 11.0. The fourth-order valence-electron chi connectivity index (χ4n) is 6.54. The molecular weight excluding hydrogens is 677 g/mol. The standard InChI is InChI=1S/C40H44N6O5S/c1-26-11-20-35(52(49,50)42-25-29-7-4-3-5-8-29)23-36(26)33-10-6-9-30(21-33)22-37(45-39(47)32-14-12-28(24-41)13-15-32)40(48)44-34-18-16-31(17-19-34)38-43-27(2)51-46-38/h3-11,16-21,23,28,32,37,42H,2,12-15,22,24-25,41H2,1H3,(H,43,46)(H,44,48)(H,45,47)/t28-,32-,37-/m0/s1. The molecule has 2 aliphatic rings. The molecule has 0 bridgehead atoms. The number of oxime groups is 1. The van der Waals surface area contributed by atoms with E-state index in [9.17, 15) is 18.0 Å². The second kappa shape index (κ2) is 16.4. The van der Waals surface area contributed by atoms with E-state index in [4.69, 9.17) is 10.6 Å². The van der Waals surface area contributed by atoms with Crippen molar-refractivity contribution in [1.82, 2.24) is 15.4 Å². The lowest BCUT2D eigenvalue weighted by Gasteiger charge is -2.28. The molecule has 1 saturated carbocycles. The third-order valence-electron chi connectivity index (χ3n) is 9.62. The molecule has 0 aromatic heterocycles. The zero-order chi connectivity index (χ0) is 36.7. The molecule has 1 atom stereocenters. The Morgan fingerprint density at radius 3 is 2.35 bits per heavy atom. The van der Waals surface area contributed by atoms with Gasteiger partial charge in [0.25, 0.3) is 0 Å². The molecule has 1 aliphatic heterocycles. The van der Waals surface area contributed by atoms with Gasteiger partial charge in [0, 0.05) is 30.1 Å². The first-order valence-electron chi connectivity index (χ1n) is 17.4. The van der Waals surface area contributed by atoms with Crippen molar-refractivity contribution in [2.45, 2.75) is 56.5 Å². The van der Waals surface area contributed by atoms with Crippen LogP contribution in [-0.4, -0.2) is 38.7 Å². The molecule has 0 spiro atoms. The maximum absolute atomic E-state index is 13.9. The van der Waals surface area contributed by atoms with Crippen LogP contribution in [0.15, 0.2) is 120 Å². The maximum atomic E-state index is 13.9. The molecular formula is C40H44N6O5S. The largest absolute Gasteiger partial charge is 0.344 e. The summed E-state index contributed by atoms with van der Waals surface area (Å²) in [7, 11) is -3.79. The number of benzene rings is 4. The van der Waals surface area contributed by atoms with Gasteiger partial charge in [-0.05, 0) is 116 Å². The molecule has 1 heterocycles. The normalized spacial score (nSPS) is 17.7. The summed E-state index contributed by atoms with van der Waals surface area (Å²) >= 11 is 0. The molecule has 2 amide bonds. The van der Waals surface area contributed by atoms with Gasteiger partial charge < -0.3 is 26.5 Å². The molecule has 0 radical (unpaired) electrons.